The highest BCUT2D eigenvalue weighted by molar-refractivity contribution is 7.99. The Hall–Kier alpha value is -2.81. The summed E-state index contributed by atoms with van der Waals surface area (Å²) in [6.45, 7) is 4.41. The van der Waals surface area contributed by atoms with E-state index in [4.69, 9.17) is 21.3 Å². The van der Waals surface area contributed by atoms with Gasteiger partial charge in [-0.05, 0) is 87.1 Å². The first-order valence-corrected chi connectivity index (χ1v) is 14.1. The predicted octanol–water partition coefficient (Wildman–Crippen LogP) is 6.42. The Morgan fingerprint density at radius 2 is 1.97 bits per heavy atom. The minimum atomic E-state index is -0.196. The lowest BCUT2D eigenvalue weighted by atomic mass is 9.97. The van der Waals surface area contributed by atoms with Gasteiger partial charge in [-0.3, -0.25) is 14.2 Å². The Bertz CT molecular complexity index is 1500. The zero-order valence-corrected chi connectivity index (χ0v) is 22.5. The summed E-state index contributed by atoms with van der Waals surface area (Å²) in [4.78, 5) is 33.5. The fourth-order valence-corrected chi connectivity index (χ4v) is 6.66. The third kappa shape index (κ3) is 5.03. The van der Waals surface area contributed by atoms with E-state index in [-0.39, 0.29) is 17.2 Å². The van der Waals surface area contributed by atoms with E-state index in [0.29, 0.717) is 33.5 Å². The van der Waals surface area contributed by atoms with Crippen LogP contribution in [0.25, 0.3) is 15.9 Å². The smallest absolute Gasteiger partial charge is 0.267 e. The molecule has 5 rings (SSSR count). The molecule has 0 bridgehead atoms. The van der Waals surface area contributed by atoms with Crippen LogP contribution in [0.4, 0.5) is 5.69 Å². The predicted molar refractivity (Wildman–Crippen MR) is 149 cm³/mol. The maximum absolute atomic E-state index is 13.9. The molecule has 9 heteroatoms. The Balaban J connectivity index is 1.50. The minimum Gasteiger partial charge on any atom is -0.494 e. The molecule has 1 N–H and O–H groups in total. The number of ether oxygens (including phenoxy) is 1. The van der Waals surface area contributed by atoms with Crippen molar-refractivity contribution in [3.05, 3.63) is 73.8 Å². The van der Waals surface area contributed by atoms with Gasteiger partial charge in [-0.25, -0.2) is 4.98 Å². The third-order valence-electron chi connectivity index (χ3n) is 6.15. The molecule has 6 nitrogen and oxygen atoms in total. The molecule has 0 radical (unpaired) electrons. The van der Waals surface area contributed by atoms with Crippen LogP contribution < -0.4 is 15.6 Å². The van der Waals surface area contributed by atoms with E-state index in [1.165, 1.54) is 16.6 Å². The fraction of sp³-hybridized carbons (Fsp3) is 0.296. The zero-order valence-electron chi connectivity index (χ0n) is 20.1. The molecule has 186 valence electrons. The molecule has 1 aliphatic carbocycles. The SMILES string of the molecule is CCOc1ccc(-n2c(SCC(=O)Nc3ccc(C)c(Cl)c3)nc3sc4c(c3c2=O)CCCC4)cc1. The molecule has 1 aliphatic rings. The average Bonchev–Trinajstić information content (AvgIpc) is 3.25. The third-order valence-corrected chi connectivity index (χ3v) is 8.68. The van der Waals surface area contributed by atoms with E-state index in [0.717, 1.165) is 47.4 Å². The number of thioether (sulfide) groups is 1. The second-order valence-corrected chi connectivity index (χ2v) is 11.1. The van der Waals surface area contributed by atoms with E-state index in [9.17, 15) is 9.59 Å². The summed E-state index contributed by atoms with van der Waals surface area (Å²) in [7, 11) is 0. The first-order chi connectivity index (χ1) is 17.4. The maximum Gasteiger partial charge on any atom is 0.267 e. The summed E-state index contributed by atoms with van der Waals surface area (Å²) < 4.78 is 7.20. The monoisotopic (exact) mass is 539 g/mol. The number of anilines is 1. The molecule has 0 unspecified atom stereocenters. The normalized spacial score (nSPS) is 13.0. The van der Waals surface area contributed by atoms with Gasteiger partial charge in [0.1, 0.15) is 10.6 Å². The second kappa shape index (κ2) is 10.7. The second-order valence-electron chi connectivity index (χ2n) is 8.65. The molecule has 0 spiro atoms. The van der Waals surface area contributed by atoms with Crippen molar-refractivity contribution in [1.29, 1.82) is 0 Å². The number of aryl methyl sites for hydroxylation is 3. The highest BCUT2D eigenvalue weighted by Gasteiger charge is 2.23. The van der Waals surface area contributed by atoms with Crippen molar-refractivity contribution in [2.24, 2.45) is 0 Å². The molecule has 0 fully saturated rings. The largest absolute Gasteiger partial charge is 0.494 e. The number of aromatic nitrogens is 2. The lowest BCUT2D eigenvalue weighted by Crippen LogP contribution is -2.23. The van der Waals surface area contributed by atoms with Gasteiger partial charge >= 0.3 is 0 Å². The Morgan fingerprint density at radius 1 is 1.19 bits per heavy atom. The van der Waals surface area contributed by atoms with Crippen molar-refractivity contribution in [2.75, 3.05) is 17.7 Å². The first-order valence-electron chi connectivity index (χ1n) is 11.9. The molecule has 0 aliphatic heterocycles. The van der Waals surface area contributed by atoms with Crippen LogP contribution in [0.15, 0.2) is 52.4 Å². The number of hydrogen-bond acceptors (Lipinski definition) is 6. The average molecular weight is 540 g/mol. The van der Waals surface area contributed by atoms with Crippen LogP contribution in [0, 0.1) is 6.92 Å². The number of thiophene rings is 1. The van der Waals surface area contributed by atoms with Crippen LogP contribution in [0.3, 0.4) is 0 Å². The number of benzene rings is 2. The van der Waals surface area contributed by atoms with Crippen LogP contribution in [0.1, 0.15) is 35.8 Å². The van der Waals surface area contributed by atoms with Crippen LogP contribution in [-0.2, 0) is 17.6 Å². The summed E-state index contributed by atoms with van der Waals surface area (Å²) in [6, 6.07) is 12.8. The summed E-state index contributed by atoms with van der Waals surface area (Å²) in [5, 5.41) is 4.68. The van der Waals surface area contributed by atoms with Crippen LogP contribution >= 0.6 is 34.7 Å². The van der Waals surface area contributed by atoms with Crippen LogP contribution in [0.5, 0.6) is 5.75 Å². The van der Waals surface area contributed by atoms with E-state index in [2.05, 4.69) is 5.32 Å². The maximum atomic E-state index is 13.9. The van der Waals surface area contributed by atoms with Crippen molar-refractivity contribution in [2.45, 2.75) is 44.7 Å². The van der Waals surface area contributed by atoms with Gasteiger partial charge in [0.2, 0.25) is 5.91 Å². The topological polar surface area (TPSA) is 73.2 Å². The lowest BCUT2D eigenvalue weighted by Gasteiger charge is -2.14. The number of rotatable bonds is 7. The Kier molecular flexibility index (Phi) is 7.37. The molecule has 0 atom stereocenters. The van der Waals surface area contributed by atoms with Gasteiger partial charge in [0.05, 0.1) is 23.4 Å². The number of fused-ring (bicyclic) bond motifs is 3. The molecule has 36 heavy (non-hydrogen) atoms. The van der Waals surface area contributed by atoms with Gasteiger partial charge in [0, 0.05) is 15.6 Å². The number of nitrogens with one attached hydrogen (secondary N) is 1. The lowest BCUT2D eigenvalue weighted by molar-refractivity contribution is -0.113. The molecule has 0 saturated heterocycles. The molecule has 2 heterocycles. The van der Waals surface area contributed by atoms with E-state index in [1.54, 1.807) is 22.0 Å². The highest BCUT2D eigenvalue weighted by atomic mass is 35.5. The molecule has 2 aromatic heterocycles. The number of hydrogen-bond donors (Lipinski definition) is 1. The summed E-state index contributed by atoms with van der Waals surface area (Å²) in [5.41, 5.74) is 3.33. The van der Waals surface area contributed by atoms with Crippen molar-refractivity contribution < 1.29 is 9.53 Å². The fourth-order valence-electron chi connectivity index (χ4n) is 4.37. The van der Waals surface area contributed by atoms with Gasteiger partial charge < -0.3 is 10.1 Å². The van der Waals surface area contributed by atoms with Gasteiger partial charge in [0.25, 0.3) is 5.56 Å². The van der Waals surface area contributed by atoms with Crippen molar-refractivity contribution in [3.8, 4) is 11.4 Å². The number of halogens is 1. The first kappa shape index (κ1) is 24.9. The standard InChI is InChI=1S/C27H26ClN3O3S2/c1-3-34-19-12-10-18(11-13-19)31-26(33)24-20-6-4-5-7-22(20)36-25(24)30-27(31)35-15-23(32)29-17-9-8-16(2)21(28)14-17/h8-14H,3-7,15H2,1-2H3,(H,29,32). The van der Waals surface area contributed by atoms with E-state index >= 15 is 0 Å². The number of carbonyl (C=O) groups excluding carboxylic acids is 1. The molecular weight excluding hydrogens is 514 g/mol. The molecule has 0 saturated carbocycles. The van der Waals surface area contributed by atoms with E-state index < -0.39 is 0 Å². The Labute approximate surface area is 222 Å². The molecular formula is C27H26ClN3O3S2. The van der Waals surface area contributed by atoms with Crippen LogP contribution in [-0.4, -0.2) is 27.8 Å². The highest BCUT2D eigenvalue weighted by Crippen LogP contribution is 2.35. The number of nitrogens with zero attached hydrogens (tertiary/aromatic N) is 2. The zero-order chi connectivity index (χ0) is 25.2. The van der Waals surface area contributed by atoms with Gasteiger partial charge in [-0.15, -0.1) is 11.3 Å². The van der Waals surface area contributed by atoms with Gasteiger partial charge in [0.15, 0.2) is 5.16 Å². The quantitative estimate of drug-likeness (QED) is 0.217. The summed E-state index contributed by atoms with van der Waals surface area (Å²) >= 11 is 9.05. The Morgan fingerprint density at radius 3 is 2.72 bits per heavy atom. The molecule has 4 aromatic rings. The minimum absolute atomic E-state index is 0.0863. The van der Waals surface area contributed by atoms with Crippen molar-refractivity contribution >= 4 is 56.5 Å². The van der Waals surface area contributed by atoms with Crippen LogP contribution in [0.2, 0.25) is 5.02 Å². The summed E-state index contributed by atoms with van der Waals surface area (Å²) in [5.74, 6) is 0.644. The van der Waals surface area contributed by atoms with Gasteiger partial charge in [-0.1, -0.05) is 29.4 Å². The molecule has 2 aromatic carbocycles. The number of carbonyl (C=O) groups is 1. The van der Waals surface area contributed by atoms with E-state index in [1.807, 2.05) is 50.2 Å². The van der Waals surface area contributed by atoms with Crippen molar-refractivity contribution in [1.82, 2.24) is 9.55 Å². The molecule has 1 amide bonds. The van der Waals surface area contributed by atoms with Crippen molar-refractivity contribution in [3.63, 3.8) is 0 Å². The van der Waals surface area contributed by atoms with Gasteiger partial charge in [-0.2, -0.15) is 0 Å². The number of amides is 1. The summed E-state index contributed by atoms with van der Waals surface area (Å²) in [6.07, 6.45) is 4.12.